The van der Waals surface area contributed by atoms with E-state index >= 15 is 0 Å². The SMILES string of the molecule is CCNCC(C)S(=O)(=O)NCc1ccno1. The maximum absolute atomic E-state index is 11.7. The second-order valence-electron chi connectivity index (χ2n) is 3.46. The first-order valence-corrected chi connectivity index (χ1v) is 6.69. The third-order valence-electron chi connectivity index (χ3n) is 2.15. The number of nitrogens with zero attached hydrogens (tertiary/aromatic N) is 1. The van der Waals surface area contributed by atoms with E-state index in [-0.39, 0.29) is 6.54 Å². The number of rotatable bonds is 7. The van der Waals surface area contributed by atoms with Crippen molar-refractivity contribution in [2.45, 2.75) is 25.6 Å². The van der Waals surface area contributed by atoms with E-state index in [1.54, 1.807) is 13.0 Å². The molecular weight excluding hydrogens is 230 g/mol. The topological polar surface area (TPSA) is 84.2 Å². The summed E-state index contributed by atoms with van der Waals surface area (Å²) >= 11 is 0. The zero-order valence-corrected chi connectivity index (χ0v) is 10.3. The molecule has 1 atom stereocenters. The molecule has 0 bridgehead atoms. The highest BCUT2D eigenvalue weighted by Gasteiger charge is 2.19. The van der Waals surface area contributed by atoms with Gasteiger partial charge in [-0.2, -0.15) is 0 Å². The van der Waals surface area contributed by atoms with Gasteiger partial charge in [0, 0.05) is 12.6 Å². The lowest BCUT2D eigenvalue weighted by molar-refractivity contribution is 0.380. The van der Waals surface area contributed by atoms with E-state index in [4.69, 9.17) is 4.52 Å². The highest BCUT2D eigenvalue weighted by Crippen LogP contribution is 2.01. The van der Waals surface area contributed by atoms with Crippen LogP contribution >= 0.6 is 0 Å². The molecule has 1 heterocycles. The van der Waals surface area contributed by atoms with Crippen molar-refractivity contribution < 1.29 is 12.9 Å². The average Bonchev–Trinajstić information content (AvgIpc) is 2.76. The summed E-state index contributed by atoms with van der Waals surface area (Å²) in [6.45, 7) is 4.91. The Bertz CT molecular complexity index is 388. The van der Waals surface area contributed by atoms with Crippen LogP contribution in [0.25, 0.3) is 0 Å². The van der Waals surface area contributed by atoms with E-state index in [0.717, 1.165) is 6.54 Å². The second-order valence-corrected chi connectivity index (χ2v) is 5.65. The molecule has 2 N–H and O–H groups in total. The van der Waals surface area contributed by atoms with Crippen LogP contribution in [0.1, 0.15) is 19.6 Å². The van der Waals surface area contributed by atoms with Gasteiger partial charge in [0.1, 0.15) is 0 Å². The van der Waals surface area contributed by atoms with Crippen molar-refractivity contribution in [1.29, 1.82) is 0 Å². The first-order chi connectivity index (χ1) is 7.56. The van der Waals surface area contributed by atoms with Gasteiger partial charge in [-0.15, -0.1) is 0 Å². The predicted octanol–water partition coefficient (Wildman–Crippen LogP) is 0.0920. The Hall–Kier alpha value is -0.920. The second kappa shape index (κ2) is 5.97. The number of hydrogen-bond donors (Lipinski definition) is 2. The van der Waals surface area contributed by atoms with Crippen molar-refractivity contribution in [1.82, 2.24) is 15.2 Å². The van der Waals surface area contributed by atoms with Crippen molar-refractivity contribution in [2.24, 2.45) is 0 Å². The molecule has 0 aliphatic rings. The molecule has 1 aromatic rings. The summed E-state index contributed by atoms with van der Waals surface area (Å²) < 4.78 is 30.7. The third kappa shape index (κ3) is 3.92. The quantitative estimate of drug-likeness (QED) is 0.713. The summed E-state index contributed by atoms with van der Waals surface area (Å²) in [5.74, 6) is 0.499. The van der Waals surface area contributed by atoms with Crippen LogP contribution in [-0.4, -0.2) is 31.9 Å². The van der Waals surface area contributed by atoms with Crippen LogP contribution in [0.15, 0.2) is 16.8 Å². The van der Waals surface area contributed by atoms with E-state index in [2.05, 4.69) is 15.2 Å². The van der Waals surface area contributed by atoms with E-state index in [0.29, 0.717) is 12.3 Å². The minimum Gasteiger partial charge on any atom is -0.360 e. The molecule has 7 heteroatoms. The lowest BCUT2D eigenvalue weighted by atomic mass is 10.5. The van der Waals surface area contributed by atoms with Crippen LogP contribution in [0.4, 0.5) is 0 Å². The number of hydrogen-bond acceptors (Lipinski definition) is 5. The molecular formula is C9H17N3O3S. The fourth-order valence-corrected chi connectivity index (χ4v) is 2.07. The van der Waals surface area contributed by atoms with E-state index < -0.39 is 15.3 Å². The van der Waals surface area contributed by atoms with Gasteiger partial charge in [-0.1, -0.05) is 12.1 Å². The summed E-state index contributed by atoms with van der Waals surface area (Å²) in [5.41, 5.74) is 0. The Kier molecular flexibility index (Phi) is 4.91. The molecule has 6 nitrogen and oxygen atoms in total. The zero-order valence-electron chi connectivity index (χ0n) is 9.43. The molecule has 0 aliphatic heterocycles. The normalized spacial score (nSPS) is 13.9. The van der Waals surface area contributed by atoms with Gasteiger partial charge in [0.25, 0.3) is 0 Å². The van der Waals surface area contributed by atoms with Gasteiger partial charge in [-0.25, -0.2) is 13.1 Å². The molecule has 0 aromatic carbocycles. The highest BCUT2D eigenvalue weighted by molar-refractivity contribution is 7.90. The molecule has 0 amide bonds. The van der Waals surface area contributed by atoms with Gasteiger partial charge in [0.2, 0.25) is 10.0 Å². The molecule has 1 aromatic heterocycles. The summed E-state index contributed by atoms with van der Waals surface area (Å²) in [6.07, 6.45) is 1.48. The average molecular weight is 247 g/mol. The fraction of sp³-hybridized carbons (Fsp3) is 0.667. The van der Waals surface area contributed by atoms with Crippen molar-refractivity contribution in [3.8, 4) is 0 Å². The van der Waals surface area contributed by atoms with Crippen LogP contribution in [0.2, 0.25) is 0 Å². The number of aromatic nitrogens is 1. The van der Waals surface area contributed by atoms with Crippen molar-refractivity contribution in [3.63, 3.8) is 0 Å². The van der Waals surface area contributed by atoms with Gasteiger partial charge in [-0.05, 0) is 13.5 Å². The molecule has 92 valence electrons. The van der Waals surface area contributed by atoms with Crippen LogP contribution < -0.4 is 10.0 Å². The Morgan fingerprint density at radius 1 is 1.56 bits per heavy atom. The van der Waals surface area contributed by atoms with E-state index in [1.165, 1.54) is 6.20 Å². The van der Waals surface area contributed by atoms with E-state index in [9.17, 15) is 8.42 Å². The molecule has 1 rings (SSSR count). The Balaban J connectivity index is 2.45. The summed E-state index contributed by atoms with van der Waals surface area (Å²) in [6, 6.07) is 1.62. The van der Waals surface area contributed by atoms with Crippen LogP contribution in [0.3, 0.4) is 0 Å². The van der Waals surface area contributed by atoms with Crippen molar-refractivity contribution in [2.75, 3.05) is 13.1 Å². The lowest BCUT2D eigenvalue weighted by Crippen LogP contribution is -2.38. The Morgan fingerprint density at radius 3 is 2.88 bits per heavy atom. The van der Waals surface area contributed by atoms with E-state index in [1.807, 2.05) is 6.92 Å². The predicted molar refractivity (Wildman–Crippen MR) is 60.3 cm³/mol. The van der Waals surface area contributed by atoms with Crippen LogP contribution in [0, 0.1) is 0 Å². The smallest absolute Gasteiger partial charge is 0.215 e. The fourth-order valence-electron chi connectivity index (χ4n) is 1.10. The summed E-state index contributed by atoms with van der Waals surface area (Å²) in [5, 5.41) is 6.01. The molecule has 0 spiro atoms. The van der Waals surface area contributed by atoms with Gasteiger partial charge in [0.05, 0.1) is 18.0 Å². The Morgan fingerprint density at radius 2 is 2.31 bits per heavy atom. The summed E-state index contributed by atoms with van der Waals surface area (Å²) in [4.78, 5) is 0. The minimum absolute atomic E-state index is 0.138. The van der Waals surface area contributed by atoms with Gasteiger partial charge in [-0.3, -0.25) is 0 Å². The minimum atomic E-state index is -3.31. The van der Waals surface area contributed by atoms with Gasteiger partial charge < -0.3 is 9.84 Å². The molecule has 0 fully saturated rings. The van der Waals surface area contributed by atoms with Crippen LogP contribution in [0.5, 0.6) is 0 Å². The number of nitrogens with one attached hydrogen (secondary N) is 2. The lowest BCUT2D eigenvalue weighted by Gasteiger charge is -2.13. The maximum Gasteiger partial charge on any atom is 0.215 e. The largest absolute Gasteiger partial charge is 0.360 e. The van der Waals surface area contributed by atoms with Crippen LogP contribution in [-0.2, 0) is 16.6 Å². The molecule has 0 saturated carbocycles. The first-order valence-electron chi connectivity index (χ1n) is 5.15. The molecule has 0 aliphatic carbocycles. The van der Waals surface area contributed by atoms with Gasteiger partial charge >= 0.3 is 0 Å². The van der Waals surface area contributed by atoms with Crippen molar-refractivity contribution in [3.05, 3.63) is 18.0 Å². The molecule has 0 radical (unpaired) electrons. The first kappa shape index (κ1) is 13.1. The third-order valence-corrected chi connectivity index (χ3v) is 3.92. The molecule has 16 heavy (non-hydrogen) atoms. The van der Waals surface area contributed by atoms with Crippen molar-refractivity contribution >= 4 is 10.0 Å². The highest BCUT2D eigenvalue weighted by atomic mass is 32.2. The Labute approximate surface area is 95.4 Å². The molecule has 1 unspecified atom stereocenters. The standard InChI is InChI=1S/C9H17N3O3S/c1-3-10-6-8(2)16(13,14)12-7-9-4-5-11-15-9/h4-5,8,10,12H,3,6-7H2,1-2H3. The number of sulfonamides is 1. The van der Waals surface area contributed by atoms with Gasteiger partial charge in [0.15, 0.2) is 5.76 Å². The maximum atomic E-state index is 11.7. The monoisotopic (exact) mass is 247 g/mol. The summed E-state index contributed by atoms with van der Waals surface area (Å²) in [7, 11) is -3.31. The zero-order chi connectivity index (χ0) is 12.0. The molecule has 0 saturated heterocycles.